The molecule has 8 heteroatoms. The molecule has 1 amide bonds. The van der Waals surface area contributed by atoms with E-state index in [1.807, 2.05) is 36.4 Å². The van der Waals surface area contributed by atoms with Crippen molar-refractivity contribution in [2.24, 2.45) is 0 Å². The number of rotatable bonds is 3. The van der Waals surface area contributed by atoms with Crippen LogP contribution >= 0.6 is 0 Å². The average Bonchev–Trinajstić information content (AvgIpc) is 3.15. The molecule has 4 aromatic rings. The van der Waals surface area contributed by atoms with Crippen molar-refractivity contribution >= 4 is 26.7 Å². The Bertz CT molecular complexity index is 1420. The summed E-state index contributed by atoms with van der Waals surface area (Å²) in [6.07, 6.45) is 2.83. The Morgan fingerprint density at radius 3 is 2.53 bits per heavy atom. The summed E-state index contributed by atoms with van der Waals surface area (Å²) in [6.45, 7) is 1.21. The zero-order valence-corrected chi connectivity index (χ0v) is 18.1. The lowest BCUT2D eigenvalue weighted by molar-refractivity contribution is 0.0733. The normalized spacial score (nSPS) is 14.0. The smallest absolute Gasteiger partial charge is 0.254 e. The summed E-state index contributed by atoms with van der Waals surface area (Å²) in [7, 11) is -3.31. The standard InChI is InChI=1S/C24H20N2O5S/c1-32(28,29)21-6-2-16(3-7-21)24(27)26-10-11-30-22-8-4-18(13-20(22)15-26)17-5-9-23-19(12-17)14-25-31-23/h2-9,12-14H,10-11,15H2,1H3. The van der Waals surface area contributed by atoms with E-state index in [0.29, 0.717) is 25.3 Å². The fraction of sp³-hybridized carbons (Fsp3) is 0.167. The van der Waals surface area contributed by atoms with Gasteiger partial charge in [0, 0.05) is 29.3 Å². The Morgan fingerprint density at radius 2 is 1.75 bits per heavy atom. The van der Waals surface area contributed by atoms with Crippen molar-refractivity contribution in [3.63, 3.8) is 0 Å². The van der Waals surface area contributed by atoms with E-state index in [1.54, 1.807) is 23.2 Å². The zero-order chi connectivity index (χ0) is 22.3. The highest BCUT2D eigenvalue weighted by Crippen LogP contribution is 2.31. The Balaban J connectivity index is 1.43. The lowest BCUT2D eigenvalue weighted by Crippen LogP contribution is -2.32. The summed E-state index contributed by atoms with van der Waals surface area (Å²) in [5.74, 6) is 0.584. The maximum atomic E-state index is 13.1. The number of fused-ring (bicyclic) bond motifs is 2. The second-order valence-electron chi connectivity index (χ2n) is 7.77. The van der Waals surface area contributed by atoms with E-state index in [1.165, 1.54) is 12.1 Å². The van der Waals surface area contributed by atoms with Crippen LogP contribution in [0, 0.1) is 0 Å². The minimum Gasteiger partial charge on any atom is -0.491 e. The molecule has 0 saturated heterocycles. The van der Waals surface area contributed by atoms with Crippen LogP contribution in [-0.2, 0) is 16.4 Å². The van der Waals surface area contributed by atoms with Crippen LogP contribution in [0.2, 0.25) is 0 Å². The summed E-state index contributed by atoms with van der Waals surface area (Å²) in [5, 5.41) is 4.74. The molecule has 0 atom stereocenters. The molecule has 0 radical (unpaired) electrons. The first-order valence-electron chi connectivity index (χ1n) is 10.1. The molecule has 0 fully saturated rings. The maximum absolute atomic E-state index is 13.1. The lowest BCUT2D eigenvalue weighted by atomic mass is 10.0. The molecule has 0 saturated carbocycles. The number of sulfone groups is 1. The third kappa shape index (κ3) is 3.85. The van der Waals surface area contributed by atoms with Crippen molar-refractivity contribution in [3.05, 3.63) is 78.0 Å². The van der Waals surface area contributed by atoms with Gasteiger partial charge in [-0.25, -0.2) is 8.42 Å². The molecule has 1 aliphatic heterocycles. The van der Waals surface area contributed by atoms with Gasteiger partial charge in [0.05, 0.1) is 17.6 Å². The van der Waals surface area contributed by atoms with Gasteiger partial charge in [0.2, 0.25) is 0 Å². The number of hydrogen-bond acceptors (Lipinski definition) is 6. The molecule has 5 rings (SSSR count). The van der Waals surface area contributed by atoms with Crippen LogP contribution in [0.15, 0.2) is 76.3 Å². The monoisotopic (exact) mass is 448 g/mol. The molecule has 3 aromatic carbocycles. The van der Waals surface area contributed by atoms with Gasteiger partial charge < -0.3 is 14.2 Å². The predicted octanol–water partition coefficient (Wildman–Crippen LogP) is 3.93. The van der Waals surface area contributed by atoms with Gasteiger partial charge in [0.25, 0.3) is 5.91 Å². The third-order valence-electron chi connectivity index (χ3n) is 5.54. The van der Waals surface area contributed by atoms with Gasteiger partial charge in [0.15, 0.2) is 15.4 Å². The number of benzene rings is 3. The number of ether oxygens (including phenoxy) is 1. The summed E-state index contributed by atoms with van der Waals surface area (Å²) in [6, 6.07) is 17.8. The predicted molar refractivity (Wildman–Crippen MR) is 119 cm³/mol. The molecule has 7 nitrogen and oxygen atoms in total. The molecule has 32 heavy (non-hydrogen) atoms. The number of aromatic nitrogens is 1. The minimum atomic E-state index is -3.31. The van der Waals surface area contributed by atoms with Crippen LogP contribution in [0.1, 0.15) is 15.9 Å². The molecule has 0 aliphatic carbocycles. The van der Waals surface area contributed by atoms with Crippen molar-refractivity contribution in [3.8, 4) is 16.9 Å². The van der Waals surface area contributed by atoms with Gasteiger partial charge in [0.1, 0.15) is 12.4 Å². The first kappa shape index (κ1) is 20.3. The van der Waals surface area contributed by atoms with Crippen LogP contribution < -0.4 is 4.74 Å². The molecule has 1 aliphatic rings. The van der Waals surface area contributed by atoms with Gasteiger partial charge in [-0.15, -0.1) is 0 Å². The van der Waals surface area contributed by atoms with Crippen LogP contribution in [-0.4, -0.2) is 43.8 Å². The molecule has 0 spiro atoms. The fourth-order valence-corrected chi connectivity index (χ4v) is 4.46. The average molecular weight is 449 g/mol. The highest BCUT2D eigenvalue weighted by molar-refractivity contribution is 7.90. The first-order valence-corrected chi connectivity index (χ1v) is 12.0. The molecule has 0 N–H and O–H groups in total. The van der Waals surface area contributed by atoms with Gasteiger partial charge in [-0.1, -0.05) is 17.3 Å². The quantitative estimate of drug-likeness (QED) is 0.472. The summed E-state index contributed by atoms with van der Waals surface area (Å²) in [4.78, 5) is 15.0. The van der Waals surface area contributed by atoms with Crippen molar-refractivity contribution < 1.29 is 22.5 Å². The second kappa shape index (κ2) is 7.80. The van der Waals surface area contributed by atoms with E-state index in [-0.39, 0.29) is 10.8 Å². The topological polar surface area (TPSA) is 89.7 Å². The third-order valence-corrected chi connectivity index (χ3v) is 6.67. The van der Waals surface area contributed by atoms with Crippen molar-refractivity contribution in [1.82, 2.24) is 10.1 Å². The summed E-state index contributed by atoms with van der Waals surface area (Å²) >= 11 is 0. The van der Waals surface area contributed by atoms with Crippen molar-refractivity contribution in [2.75, 3.05) is 19.4 Å². The SMILES string of the molecule is CS(=O)(=O)c1ccc(C(=O)N2CCOc3ccc(-c4ccc5oncc5c4)cc3C2)cc1. The Kier molecular flexibility index (Phi) is 4.94. The van der Waals surface area contributed by atoms with E-state index in [9.17, 15) is 13.2 Å². The number of carbonyl (C=O) groups excluding carboxylic acids is 1. The van der Waals surface area contributed by atoms with E-state index < -0.39 is 9.84 Å². The number of nitrogens with zero attached hydrogens (tertiary/aromatic N) is 2. The largest absolute Gasteiger partial charge is 0.491 e. The van der Waals surface area contributed by atoms with E-state index in [0.717, 1.165) is 39.7 Å². The Labute approximate surface area is 185 Å². The van der Waals surface area contributed by atoms with Gasteiger partial charge in [-0.3, -0.25) is 4.79 Å². The van der Waals surface area contributed by atoms with Crippen LogP contribution in [0.5, 0.6) is 5.75 Å². The number of hydrogen-bond donors (Lipinski definition) is 0. The molecule has 1 aromatic heterocycles. The summed E-state index contributed by atoms with van der Waals surface area (Å²) in [5.41, 5.74) is 4.09. The summed E-state index contributed by atoms with van der Waals surface area (Å²) < 4.78 is 34.4. The van der Waals surface area contributed by atoms with Crippen LogP contribution in [0.3, 0.4) is 0 Å². The Morgan fingerprint density at radius 1 is 1.00 bits per heavy atom. The van der Waals surface area contributed by atoms with E-state index in [2.05, 4.69) is 5.16 Å². The van der Waals surface area contributed by atoms with Gasteiger partial charge >= 0.3 is 0 Å². The van der Waals surface area contributed by atoms with E-state index in [4.69, 9.17) is 9.26 Å². The molecular formula is C24H20N2O5S. The Hall–Kier alpha value is -3.65. The minimum absolute atomic E-state index is 0.169. The van der Waals surface area contributed by atoms with Gasteiger partial charge in [-0.2, -0.15) is 0 Å². The lowest BCUT2D eigenvalue weighted by Gasteiger charge is -2.20. The molecule has 0 bridgehead atoms. The van der Waals surface area contributed by atoms with Crippen LogP contribution in [0.4, 0.5) is 0 Å². The molecular weight excluding hydrogens is 428 g/mol. The fourth-order valence-electron chi connectivity index (χ4n) is 3.83. The molecule has 0 unspecified atom stereocenters. The van der Waals surface area contributed by atoms with Crippen LogP contribution in [0.25, 0.3) is 22.1 Å². The highest BCUT2D eigenvalue weighted by atomic mass is 32.2. The second-order valence-corrected chi connectivity index (χ2v) is 9.79. The molecule has 162 valence electrons. The first-order chi connectivity index (χ1) is 15.4. The zero-order valence-electron chi connectivity index (χ0n) is 17.3. The maximum Gasteiger partial charge on any atom is 0.254 e. The van der Waals surface area contributed by atoms with Crippen molar-refractivity contribution in [2.45, 2.75) is 11.4 Å². The highest BCUT2D eigenvalue weighted by Gasteiger charge is 2.22. The molecule has 2 heterocycles. The number of amides is 1. The van der Waals surface area contributed by atoms with Gasteiger partial charge in [-0.05, 0) is 59.7 Å². The van der Waals surface area contributed by atoms with Crippen molar-refractivity contribution in [1.29, 1.82) is 0 Å². The van der Waals surface area contributed by atoms with E-state index >= 15 is 0 Å². The number of carbonyl (C=O) groups is 1.